The first-order valence-corrected chi connectivity index (χ1v) is 6.82. The van der Waals surface area contributed by atoms with Gasteiger partial charge in [0.15, 0.2) is 0 Å². The summed E-state index contributed by atoms with van der Waals surface area (Å²) in [5.74, 6) is 0.241. The fourth-order valence-corrected chi connectivity index (χ4v) is 2.07. The van der Waals surface area contributed by atoms with E-state index in [0.717, 1.165) is 5.56 Å². The van der Waals surface area contributed by atoms with E-state index in [1.165, 1.54) is 23.0 Å². The molecule has 3 aromatic rings. The minimum atomic E-state index is -0.448. The van der Waals surface area contributed by atoms with Gasteiger partial charge in [-0.15, -0.1) is 0 Å². The van der Waals surface area contributed by atoms with E-state index in [9.17, 15) is 10.1 Å². The van der Waals surface area contributed by atoms with Gasteiger partial charge in [0.1, 0.15) is 0 Å². The second kappa shape index (κ2) is 6.10. The molecule has 0 bridgehead atoms. The number of nitrogens with two attached hydrogens (primary N) is 1. The maximum Gasteiger partial charge on any atom is 0.270 e. The summed E-state index contributed by atoms with van der Waals surface area (Å²) in [6.07, 6.45) is 3.21. The van der Waals surface area contributed by atoms with Crippen LogP contribution in [0.1, 0.15) is 5.56 Å². The second-order valence-electron chi connectivity index (χ2n) is 4.79. The molecule has 7 nitrogen and oxygen atoms in total. The van der Waals surface area contributed by atoms with Gasteiger partial charge in [-0.1, -0.05) is 42.5 Å². The maximum atomic E-state index is 10.8. The third-order valence-corrected chi connectivity index (χ3v) is 3.20. The zero-order chi connectivity index (χ0) is 16.2. The molecule has 0 spiro atoms. The monoisotopic (exact) mass is 307 g/mol. The first kappa shape index (κ1) is 14.5. The molecule has 0 amide bonds. The molecule has 0 unspecified atom stereocenters. The lowest BCUT2D eigenvalue weighted by Crippen LogP contribution is -1.97. The van der Waals surface area contributed by atoms with Gasteiger partial charge < -0.3 is 5.73 Å². The van der Waals surface area contributed by atoms with E-state index >= 15 is 0 Å². The zero-order valence-electron chi connectivity index (χ0n) is 12.0. The van der Waals surface area contributed by atoms with Crippen molar-refractivity contribution in [3.63, 3.8) is 0 Å². The highest BCUT2D eigenvalue weighted by Crippen LogP contribution is 2.19. The van der Waals surface area contributed by atoms with Crippen molar-refractivity contribution in [2.45, 2.75) is 0 Å². The standard InChI is InChI=1S/C16H13N5O2/c17-16-19-15(13-6-2-1-3-7-13)11-20(16)18-10-12-5-4-8-14(9-12)21(22)23/h1-11H,(H2,17,19)/b18-10-. The highest BCUT2D eigenvalue weighted by atomic mass is 16.6. The van der Waals surface area contributed by atoms with Crippen LogP contribution in [0.25, 0.3) is 11.3 Å². The Labute approximate surface area is 131 Å². The zero-order valence-corrected chi connectivity index (χ0v) is 12.0. The Kier molecular flexibility index (Phi) is 3.84. The number of non-ortho nitro benzene ring substituents is 1. The molecule has 0 saturated carbocycles. The smallest absolute Gasteiger partial charge is 0.270 e. The molecule has 3 rings (SSSR count). The van der Waals surface area contributed by atoms with Crippen molar-refractivity contribution in [2.75, 3.05) is 5.73 Å². The van der Waals surface area contributed by atoms with Crippen molar-refractivity contribution in [1.29, 1.82) is 0 Å². The summed E-state index contributed by atoms with van der Waals surface area (Å²) >= 11 is 0. The van der Waals surface area contributed by atoms with E-state index in [1.54, 1.807) is 18.3 Å². The Morgan fingerprint density at radius 2 is 1.96 bits per heavy atom. The van der Waals surface area contributed by atoms with Gasteiger partial charge in [0.05, 0.1) is 23.0 Å². The summed E-state index contributed by atoms with van der Waals surface area (Å²) in [6.45, 7) is 0. The summed E-state index contributed by atoms with van der Waals surface area (Å²) in [7, 11) is 0. The van der Waals surface area contributed by atoms with Gasteiger partial charge in [-0.05, 0) is 0 Å². The molecule has 0 saturated heterocycles. The van der Waals surface area contributed by atoms with Crippen LogP contribution in [0.5, 0.6) is 0 Å². The summed E-state index contributed by atoms with van der Waals surface area (Å²) in [6, 6.07) is 15.8. The Balaban J connectivity index is 1.87. The Hall–Kier alpha value is -3.48. The van der Waals surface area contributed by atoms with Crippen LogP contribution in [0.4, 0.5) is 11.6 Å². The molecule has 0 aliphatic heterocycles. The largest absolute Gasteiger partial charge is 0.368 e. The Morgan fingerprint density at radius 1 is 1.17 bits per heavy atom. The number of nitro benzene ring substituents is 1. The van der Waals surface area contributed by atoms with E-state index in [4.69, 9.17) is 5.73 Å². The molecular formula is C16H13N5O2. The first-order valence-electron chi connectivity index (χ1n) is 6.82. The maximum absolute atomic E-state index is 10.8. The number of hydrogen-bond acceptors (Lipinski definition) is 5. The van der Waals surface area contributed by atoms with E-state index in [-0.39, 0.29) is 11.6 Å². The molecule has 1 aromatic heterocycles. The molecule has 0 aliphatic carbocycles. The summed E-state index contributed by atoms with van der Waals surface area (Å²) in [5.41, 5.74) is 8.11. The van der Waals surface area contributed by atoms with Crippen molar-refractivity contribution in [2.24, 2.45) is 5.10 Å². The predicted octanol–water partition coefficient (Wildman–Crippen LogP) is 2.92. The first-order chi connectivity index (χ1) is 11.1. The van der Waals surface area contributed by atoms with Crippen molar-refractivity contribution in [3.8, 4) is 11.3 Å². The van der Waals surface area contributed by atoms with E-state index in [2.05, 4.69) is 10.1 Å². The lowest BCUT2D eigenvalue weighted by Gasteiger charge is -1.96. The highest BCUT2D eigenvalue weighted by Gasteiger charge is 2.07. The summed E-state index contributed by atoms with van der Waals surface area (Å²) in [5, 5.41) is 15.0. The van der Waals surface area contributed by atoms with Crippen molar-refractivity contribution in [1.82, 2.24) is 9.66 Å². The third kappa shape index (κ3) is 3.24. The third-order valence-electron chi connectivity index (χ3n) is 3.20. The fourth-order valence-electron chi connectivity index (χ4n) is 2.07. The topological polar surface area (TPSA) is 99.3 Å². The van der Waals surface area contributed by atoms with Gasteiger partial charge in [-0.2, -0.15) is 5.10 Å². The van der Waals surface area contributed by atoms with E-state index < -0.39 is 4.92 Å². The number of aromatic nitrogens is 2. The van der Waals surface area contributed by atoms with Gasteiger partial charge >= 0.3 is 0 Å². The minimum Gasteiger partial charge on any atom is -0.368 e. The molecule has 7 heteroatoms. The van der Waals surface area contributed by atoms with Crippen LogP contribution >= 0.6 is 0 Å². The molecule has 0 aliphatic rings. The van der Waals surface area contributed by atoms with Crippen LogP contribution in [0.15, 0.2) is 65.9 Å². The van der Waals surface area contributed by atoms with Crippen LogP contribution in [0.2, 0.25) is 0 Å². The quantitative estimate of drug-likeness (QED) is 0.455. The van der Waals surface area contributed by atoms with Gasteiger partial charge in [0, 0.05) is 23.3 Å². The molecular weight excluding hydrogens is 294 g/mol. The number of nitrogens with zero attached hydrogens (tertiary/aromatic N) is 4. The summed E-state index contributed by atoms with van der Waals surface area (Å²) in [4.78, 5) is 14.6. The molecule has 23 heavy (non-hydrogen) atoms. The highest BCUT2D eigenvalue weighted by molar-refractivity contribution is 5.80. The predicted molar refractivity (Wildman–Crippen MR) is 88.2 cm³/mol. The van der Waals surface area contributed by atoms with Crippen LogP contribution < -0.4 is 5.73 Å². The minimum absolute atomic E-state index is 0.0116. The molecule has 1 heterocycles. The molecule has 2 aromatic carbocycles. The van der Waals surface area contributed by atoms with Crippen LogP contribution in [-0.4, -0.2) is 20.8 Å². The lowest BCUT2D eigenvalue weighted by atomic mass is 10.2. The lowest BCUT2D eigenvalue weighted by molar-refractivity contribution is -0.384. The average Bonchev–Trinajstić information content (AvgIpc) is 2.95. The van der Waals surface area contributed by atoms with E-state index in [1.807, 2.05) is 30.3 Å². The molecule has 114 valence electrons. The number of nitro groups is 1. The molecule has 0 fully saturated rings. The molecule has 0 atom stereocenters. The molecule has 2 N–H and O–H groups in total. The van der Waals surface area contributed by atoms with Gasteiger partial charge in [-0.3, -0.25) is 10.1 Å². The number of nitrogen functional groups attached to an aromatic ring is 1. The second-order valence-corrected chi connectivity index (χ2v) is 4.79. The van der Waals surface area contributed by atoms with Gasteiger partial charge in [-0.25, -0.2) is 9.66 Å². The van der Waals surface area contributed by atoms with Crippen molar-refractivity contribution in [3.05, 3.63) is 76.5 Å². The number of anilines is 1. The number of benzene rings is 2. The fraction of sp³-hybridized carbons (Fsp3) is 0. The van der Waals surface area contributed by atoms with Crippen LogP contribution in [0.3, 0.4) is 0 Å². The SMILES string of the molecule is Nc1nc(-c2ccccc2)cn1/N=C\c1cccc([N+](=O)[O-])c1. The molecule has 0 radical (unpaired) electrons. The van der Waals surface area contributed by atoms with Crippen molar-refractivity contribution < 1.29 is 4.92 Å². The van der Waals surface area contributed by atoms with Crippen LogP contribution in [0, 0.1) is 10.1 Å². The Morgan fingerprint density at radius 3 is 2.70 bits per heavy atom. The van der Waals surface area contributed by atoms with E-state index in [0.29, 0.717) is 11.3 Å². The van der Waals surface area contributed by atoms with Crippen molar-refractivity contribution >= 4 is 17.9 Å². The van der Waals surface area contributed by atoms with Gasteiger partial charge in [0.25, 0.3) is 5.69 Å². The number of imidazole rings is 1. The number of rotatable bonds is 4. The summed E-state index contributed by atoms with van der Waals surface area (Å²) < 4.78 is 1.43. The number of hydrogen-bond donors (Lipinski definition) is 1. The Bertz CT molecular complexity index is 871. The van der Waals surface area contributed by atoms with Gasteiger partial charge in [0.2, 0.25) is 5.95 Å². The normalized spacial score (nSPS) is 11.0. The average molecular weight is 307 g/mol. The van der Waals surface area contributed by atoms with Crippen LogP contribution in [-0.2, 0) is 0 Å².